The Morgan fingerprint density at radius 2 is 1.95 bits per heavy atom. The molecule has 3 aliphatic rings. The Morgan fingerprint density at radius 1 is 1.00 bits per heavy atom. The molecule has 110 valence electrons. The highest BCUT2D eigenvalue weighted by Crippen LogP contribution is 2.41. The van der Waals surface area contributed by atoms with Gasteiger partial charge in [0.1, 0.15) is 6.10 Å². The fourth-order valence-corrected chi connectivity index (χ4v) is 3.38. The van der Waals surface area contributed by atoms with Crippen LogP contribution in [0, 0.1) is 5.92 Å². The van der Waals surface area contributed by atoms with Gasteiger partial charge < -0.3 is 14.2 Å². The fraction of sp³-hybridized carbons (Fsp3) is 1.00. The summed E-state index contributed by atoms with van der Waals surface area (Å²) >= 11 is 0. The molecule has 5 unspecified atom stereocenters. The number of epoxide rings is 2. The van der Waals surface area contributed by atoms with Crippen molar-refractivity contribution in [1.29, 1.82) is 0 Å². The molecular formula is C16H28O3. The van der Waals surface area contributed by atoms with Crippen LogP contribution in [0.3, 0.4) is 0 Å². The molecular weight excluding hydrogens is 240 g/mol. The van der Waals surface area contributed by atoms with Crippen molar-refractivity contribution in [2.75, 3.05) is 13.2 Å². The van der Waals surface area contributed by atoms with Gasteiger partial charge in [0.25, 0.3) is 0 Å². The van der Waals surface area contributed by atoms with E-state index in [9.17, 15) is 0 Å². The summed E-state index contributed by atoms with van der Waals surface area (Å²) in [4.78, 5) is 0. The average molecular weight is 268 g/mol. The van der Waals surface area contributed by atoms with Gasteiger partial charge in [0.05, 0.1) is 24.9 Å². The summed E-state index contributed by atoms with van der Waals surface area (Å²) in [5.74, 6) is 0.918. The molecule has 0 aromatic carbocycles. The molecule has 3 rings (SSSR count). The smallest absolute Gasteiger partial charge is 0.107 e. The maximum Gasteiger partial charge on any atom is 0.107 e. The van der Waals surface area contributed by atoms with Crippen molar-refractivity contribution in [3.63, 3.8) is 0 Å². The molecule has 0 aromatic rings. The molecule has 3 nitrogen and oxygen atoms in total. The van der Waals surface area contributed by atoms with E-state index in [0.717, 1.165) is 19.1 Å². The molecule has 0 bridgehead atoms. The van der Waals surface area contributed by atoms with Gasteiger partial charge in [-0.15, -0.1) is 0 Å². The van der Waals surface area contributed by atoms with Crippen molar-refractivity contribution in [3.8, 4) is 0 Å². The summed E-state index contributed by atoms with van der Waals surface area (Å²) in [6.07, 6.45) is 12.5. The molecule has 3 heteroatoms. The Bertz CT molecular complexity index is 281. The van der Waals surface area contributed by atoms with Crippen LogP contribution in [0.15, 0.2) is 0 Å². The second-order valence-corrected chi connectivity index (χ2v) is 6.46. The van der Waals surface area contributed by atoms with Gasteiger partial charge in [-0.3, -0.25) is 0 Å². The molecule has 0 spiro atoms. The van der Waals surface area contributed by atoms with Crippen LogP contribution < -0.4 is 0 Å². The number of hydrogen-bond donors (Lipinski definition) is 0. The molecule has 0 aromatic heterocycles. The number of hydrogen-bond acceptors (Lipinski definition) is 3. The van der Waals surface area contributed by atoms with Gasteiger partial charge in [-0.1, -0.05) is 26.2 Å². The number of rotatable bonds is 9. The summed E-state index contributed by atoms with van der Waals surface area (Å²) in [6, 6.07) is 0. The minimum absolute atomic E-state index is 0.402. The molecule has 0 N–H and O–H groups in total. The first-order valence-corrected chi connectivity index (χ1v) is 8.25. The molecule has 1 saturated carbocycles. The lowest BCUT2D eigenvalue weighted by Gasteiger charge is -2.18. The Balaban J connectivity index is 1.18. The molecule has 0 radical (unpaired) electrons. The highest BCUT2D eigenvalue weighted by atomic mass is 16.6. The van der Waals surface area contributed by atoms with E-state index in [0.29, 0.717) is 24.4 Å². The minimum atomic E-state index is 0.402. The van der Waals surface area contributed by atoms with Crippen molar-refractivity contribution in [1.82, 2.24) is 0 Å². The van der Waals surface area contributed by atoms with Crippen molar-refractivity contribution in [2.24, 2.45) is 5.92 Å². The predicted molar refractivity (Wildman–Crippen MR) is 74.2 cm³/mol. The molecule has 2 saturated heterocycles. The van der Waals surface area contributed by atoms with Crippen molar-refractivity contribution in [2.45, 2.75) is 82.7 Å². The van der Waals surface area contributed by atoms with Gasteiger partial charge in [-0.2, -0.15) is 0 Å². The molecule has 19 heavy (non-hydrogen) atoms. The van der Waals surface area contributed by atoms with Gasteiger partial charge >= 0.3 is 0 Å². The van der Waals surface area contributed by atoms with E-state index in [4.69, 9.17) is 14.2 Å². The molecule has 3 fully saturated rings. The third-order valence-electron chi connectivity index (χ3n) is 4.83. The van der Waals surface area contributed by atoms with Crippen LogP contribution >= 0.6 is 0 Å². The summed E-state index contributed by atoms with van der Waals surface area (Å²) in [5.41, 5.74) is 0. The van der Waals surface area contributed by atoms with E-state index in [1.54, 1.807) is 0 Å². The monoisotopic (exact) mass is 268 g/mol. The molecule has 5 atom stereocenters. The highest BCUT2D eigenvalue weighted by Gasteiger charge is 2.44. The first-order valence-electron chi connectivity index (χ1n) is 8.25. The second-order valence-electron chi connectivity index (χ2n) is 6.46. The van der Waals surface area contributed by atoms with Crippen LogP contribution in [-0.2, 0) is 14.2 Å². The lowest BCUT2D eigenvalue weighted by atomic mass is 9.85. The van der Waals surface area contributed by atoms with Gasteiger partial charge in [0.15, 0.2) is 0 Å². The van der Waals surface area contributed by atoms with Gasteiger partial charge in [-0.05, 0) is 38.0 Å². The molecule has 2 aliphatic heterocycles. The van der Waals surface area contributed by atoms with E-state index >= 15 is 0 Å². The summed E-state index contributed by atoms with van der Waals surface area (Å²) < 4.78 is 16.9. The maximum absolute atomic E-state index is 5.67. The van der Waals surface area contributed by atoms with Crippen molar-refractivity contribution < 1.29 is 14.2 Å². The highest BCUT2D eigenvalue weighted by molar-refractivity contribution is 4.92. The summed E-state index contributed by atoms with van der Waals surface area (Å²) in [6.45, 7) is 3.90. The lowest BCUT2D eigenvalue weighted by Crippen LogP contribution is -2.13. The topological polar surface area (TPSA) is 34.3 Å². The van der Waals surface area contributed by atoms with E-state index in [2.05, 4.69) is 6.92 Å². The van der Waals surface area contributed by atoms with Crippen LogP contribution in [0.25, 0.3) is 0 Å². The molecule has 0 amide bonds. The Labute approximate surface area is 117 Å². The van der Waals surface area contributed by atoms with Gasteiger partial charge in [0.2, 0.25) is 0 Å². The Kier molecular flexibility index (Phi) is 4.78. The molecule has 1 aliphatic carbocycles. The fourth-order valence-electron chi connectivity index (χ4n) is 3.38. The zero-order valence-electron chi connectivity index (χ0n) is 12.2. The first-order chi connectivity index (χ1) is 9.36. The number of unbranched alkanes of at least 4 members (excludes halogenated alkanes) is 1. The Hall–Kier alpha value is -0.120. The first kappa shape index (κ1) is 13.8. The summed E-state index contributed by atoms with van der Waals surface area (Å²) in [7, 11) is 0. The van der Waals surface area contributed by atoms with E-state index < -0.39 is 0 Å². The van der Waals surface area contributed by atoms with Crippen LogP contribution in [0.1, 0.15) is 58.3 Å². The minimum Gasteiger partial charge on any atom is -0.379 e. The molecule has 2 heterocycles. The largest absolute Gasteiger partial charge is 0.379 e. The van der Waals surface area contributed by atoms with E-state index in [1.807, 2.05) is 0 Å². The van der Waals surface area contributed by atoms with E-state index in [1.165, 1.54) is 51.4 Å². The van der Waals surface area contributed by atoms with E-state index in [-0.39, 0.29) is 0 Å². The van der Waals surface area contributed by atoms with Gasteiger partial charge in [-0.25, -0.2) is 0 Å². The van der Waals surface area contributed by atoms with Crippen molar-refractivity contribution in [3.05, 3.63) is 0 Å². The lowest BCUT2D eigenvalue weighted by molar-refractivity contribution is 0.114. The normalized spacial score (nSPS) is 39.9. The summed E-state index contributed by atoms with van der Waals surface area (Å²) in [5, 5.41) is 0. The zero-order valence-corrected chi connectivity index (χ0v) is 12.2. The van der Waals surface area contributed by atoms with Crippen molar-refractivity contribution >= 4 is 0 Å². The zero-order chi connectivity index (χ0) is 13.1. The third kappa shape index (κ3) is 4.17. The average Bonchev–Trinajstić information content (AvgIpc) is 3.30. The van der Waals surface area contributed by atoms with Crippen LogP contribution in [0.4, 0.5) is 0 Å². The predicted octanol–water partition coefficient (Wildman–Crippen LogP) is 3.31. The quantitative estimate of drug-likeness (QED) is 0.475. The standard InChI is InChI=1S/C16H28O3/c1-2-3-9-17-11-16-13(19-16)6-4-5-12-7-8-14-15(10-12)18-14/h12-16H,2-11H2,1H3. The second kappa shape index (κ2) is 6.55. The third-order valence-corrected chi connectivity index (χ3v) is 4.83. The maximum atomic E-state index is 5.67. The number of fused-ring (bicyclic) bond motifs is 1. The Morgan fingerprint density at radius 3 is 2.79 bits per heavy atom. The van der Waals surface area contributed by atoms with Crippen LogP contribution in [0.2, 0.25) is 0 Å². The van der Waals surface area contributed by atoms with Crippen LogP contribution in [-0.4, -0.2) is 37.6 Å². The van der Waals surface area contributed by atoms with Gasteiger partial charge in [0, 0.05) is 6.61 Å². The SMILES string of the molecule is CCCCOCC1OC1CCCC1CCC2OC2C1. The number of ether oxygens (including phenoxy) is 3. The van der Waals surface area contributed by atoms with Crippen LogP contribution in [0.5, 0.6) is 0 Å².